The average molecular weight is 302 g/mol. The van der Waals surface area contributed by atoms with E-state index in [0.29, 0.717) is 28.5 Å². The quantitative estimate of drug-likeness (QED) is 0.902. The van der Waals surface area contributed by atoms with Crippen LogP contribution >= 0.6 is 23.2 Å². The minimum atomic E-state index is -0.864. The zero-order valence-electron chi connectivity index (χ0n) is 10.0. The lowest BCUT2D eigenvalue weighted by atomic mass is 10.0. The zero-order valence-corrected chi connectivity index (χ0v) is 11.5. The maximum atomic E-state index is 12.0. The molecule has 0 unspecified atom stereocenters. The van der Waals surface area contributed by atoms with Crippen LogP contribution in [0, 0.1) is 5.92 Å². The maximum Gasteiger partial charge on any atom is 0.308 e. The van der Waals surface area contributed by atoms with E-state index in [0.717, 1.165) is 6.42 Å². The lowest BCUT2D eigenvalue weighted by Gasteiger charge is -2.17. The molecule has 6 heteroatoms. The number of rotatable bonds is 3. The molecule has 1 aliphatic rings. The molecule has 1 aromatic rings. The lowest BCUT2D eigenvalue weighted by molar-refractivity contribution is -0.142. The monoisotopic (exact) mass is 301 g/mol. The van der Waals surface area contributed by atoms with Gasteiger partial charge in [-0.25, -0.2) is 0 Å². The second-order valence-corrected chi connectivity index (χ2v) is 5.40. The predicted octanol–water partition coefficient (Wildman–Crippen LogP) is 2.98. The Bertz CT molecular complexity index is 519. The van der Waals surface area contributed by atoms with Crippen molar-refractivity contribution < 1.29 is 14.7 Å². The Morgan fingerprint density at radius 3 is 2.58 bits per heavy atom. The molecule has 0 radical (unpaired) electrons. The number of carboxylic acid groups (broad SMARTS) is 1. The van der Waals surface area contributed by atoms with Crippen molar-refractivity contribution in [2.45, 2.75) is 25.3 Å². The Kier molecular flexibility index (Phi) is 4.32. The molecule has 1 aromatic carbocycles. The molecular formula is C13H13Cl2NO3. The van der Waals surface area contributed by atoms with Crippen molar-refractivity contribution >= 4 is 35.1 Å². The van der Waals surface area contributed by atoms with Gasteiger partial charge in [0.15, 0.2) is 0 Å². The number of hydrogen-bond donors (Lipinski definition) is 2. The number of halogens is 2. The fourth-order valence-electron chi connectivity index (χ4n) is 2.32. The Morgan fingerprint density at radius 1 is 1.21 bits per heavy atom. The molecule has 0 heterocycles. The van der Waals surface area contributed by atoms with Gasteiger partial charge in [0.1, 0.15) is 0 Å². The minimum Gasteiger partial charge on any atom is -0.481 e. The van der Waals surface area contributed by atoms with Crippen LogP contribution in [0.15, 0.2) is 18.2 Å². The largest absolute Gasteiger partial charge is 0.481 e. The highest BCUT2D eigenvalue weighted by molar-refractivity contribution is 6.42. The van der Waals surface area contributed by atoms with Crippen LogP contribution in [0.25, 0.3) is 0 Å². The third-order valence-corrected chi connectivity index (χ3v) is 4.07. The fourth-order valence-corrected chi connectivity index (χ4v) is 2.62. The van der Waals surface area contributed by atoms with Crippen LogP contribution in [0.3, 0.4) is 0 Å². The van der Waals surface area contributed by atoms with E-state index in [1.807, 2.05) is 0 Å². The van der Waals surface area contributed by atoms with Crippen molar-refractivity contribution in [2.24, 2.45) is 5.92 Å². The van der Waals surface area contributed by atoms with E-state index in [9.17, 15) is 9.59 Å². The van der Waals surface area contributed by atoms with E-state index in [4.69, 9.17) is 28.3 Å². The van der Waals surface area contributed by atoms with Gasteiger partial charge in [-0.2, -0.15) is 0 Å². The summed E-state index contributed by atoms with van der Waals surface area (Å²) in [5, 5.41) is 12.5. The molecular weight excluding hydrogens is 289 g/mol. The van der Waals surface area contributed by atoms with Crippen molar-refractivity contribution in [3.8, 4) is 0 Å². The van der Waals surface area contributed by atoms with Gasteiger partial charge in [0.05, 0.1) is 16.0 Å². The minimum absolute atomic E-state index is 0.301. The summed E-state index contributed by atoms with van der Waals surface area (Å²) in [6.07, 6.45) is 2.09. The van der Waals surface area contributed by atoms with E-state index in [-0.39, 0.29) is 11.9 Å². The number of carboxylic acids is 1. The molecule has 2 N–H and O–H groups in total. The predicted molar refractivity (Wildman–Crippen MR) is 72.7 cm³/mol. The summed E-state index contributed by atoms with van der Waals surface area (Å²) >= 11 is 11.6. The van der Waals surface area contributed by atoms with Crippen molar-refractivity contribution in [2.75, 3.05) is 0 Å². The van der Waals surface area contributed by atoms with Crippen LogP contribution in [0.1, 0.15) is 29.6 Å². The fraction of sp³-hybridized carbons (Fsp3) is 0.385. The first-order valence-corrected chi connectivity index (χ1v) is 6.73. The van der Waals surface area contributed by atoms with Gasteiger partial charge in [0.2, 0.25) is 0 Å². The van der Waals surface area contributed by atoms with Crippen molar-refractivity contribution in [1.82, 2.24) is 5.32 Å². The molecule has 1 saturated carbocycles. The Hall–Kier alpha value is -1.26. The van der Waals surface area contributed by atoms with Crippen LogP contribution in [0.4, 0.5) is 0 Å². The molecule has 19 heavy (non-hydrogen) atoms. The summed E-state index contributed by atoms with van der Waals surface area (Å²) in [5.74, 6) is -1.69. The lowest BCUT2D eigenvalue weighted by Crippen LogP contribution is -2.40. The van der Waals surface area contributed by atoms with Gasteiger partial charge in [-0.15, -0.1) is 0 Å². The summed E-state index contributed by atoms with van der Waals surface area (Å²) in [5.41, 5.74) is 0.380. The third kappa shape index (κ3) is 3.19. The molecule has 102 valence electrons. The summed E-state index contributed by atoms with van der Waals surface area (Å²) in [7, 11) is 0. The molecule has 0 spiro atoms. The number of amides is 1. The van der Waals surface area contributed by atoms with Gasteiger partial charge in [-0.1, -0.05) is 29.6 Å². The molecule has 0 saturated heterocycles. The second kappa shape index (κ2) is 5.80. The number of carbonyl (C=O) groups is 2. The molecule has 0 aromatic heterocycles. The smallest absolute Gasteiger partial charge is 0.308 e. The Morgan fingerprint density at radius 2 is 1.95 bits per heavy atom. The molecule has 2 rings (SSSR count). The van der Waals surface area contributed by atoms with E-state index < -0.39 is 11.9 Å². The van der Waals surface area contributed by atoms with Gasteiger partial charge in [-0.05, 0) is 31.0 Å². The van der Waals surface area contributed by atoms with Gasteiger partial charge in [0, 0.05) is 11.6 Å². The highest BCUT2D eigenvalue weighted by atomic mass is 35.5. The van der Waals surface area contributed by atoms with Crippen LogP contribution in [0.2, 0.25) is 10.0 Å². The van der Waals surface area contributed by atoms with Crippen LogP contribution in [-0.2, 0) is 4.79 Å². The van der Waals surface area contributed by atoms with E-state index in [1.54, 1.807) is 12.1 Å². The average Bonchev–Trinajstić information content (AvgIpc) is 2.80. The number of hydrogen-bond acceptors (Lipinski definition) is 2. The molecule has 2 atom stereocenters. The Labute approximate surface area is 120 Å². The van der Waals surface area contributed by atoms with Crippen LogP contribution < -0.4 is 5.32 Å². The Balaban J connectivity index is 2.08. The highest BCUT2D eigenvalue weighted by Crippen LogP contribution is 2.27. The van der Waals surface area contributed by atoms with Gasteiger partial charge in [-0.3, -0.25) is 9.59 Å². The standard InChI is InChI=1S/C13H13Cl2NO3/c14-9-5-4-7(6-10(9)15)12(17)16-11-3-1-2-8(11)13(18)19/h4-6,8,11H,1-3H2,(H,16,17)(H,18,19)/t8-,11+/m1/s1. The van der Waals surface area contributed by atoms with Crippen molar-refractivity contribution in [1.29, 1.82) is 0 Å². The zero-order chi connectivity index (χ0) is 14.0. The van der Waals surface area contributed by atoms with Gasteiger partial charge < -0.3 is 10.4 Å². The first kappa shape index (κ1) is 14.2. The number of aliphatic carboxylic acids is 1. The van der Waals surface area contributed by atoms with E-state index >= 15 is 0 Å². The summed E-state index contributed by atoms with van der Waals surface area (Å²) in [6.45, 7) is 0. The van der Waals surface area contributed by atoms with E-state index in [2.05, 4.69) is 5.32 Å². The summed E-state index contributed by atoms with van der Waals surface area (Å²) in [6, 6.07) is 4.26. The first-order chi connectivity index (χ1) is 8.99. The highest BCUT2D eigenvalue weighted by Gasteiger charge is 2.34. The molecule has 1 fully saturated rings. The molecule has 0 bridgehead atoms. The molecule has 0 aliphatic heterocycles. The molecule has 1 amide bonds. The van der Waals surface area contributed by atoms with E-state index in [1.165, 1.54) is 6.07 Å². The summed E-state index contributed by atoms with van der Waals surface area (Å²) in [4.78, 5) is 23.1. The van der Waals surface area contributed by atoms with Crippen LogP contribution in [-0.4, -0.2) is 23.0 Å². The van der Waals surface area contributed by atoms with Crippen molar-refractivity contribution in [3.05, 3.63) is 33.8 Å². The first-order valence-electron chi connectivity index (χ1n) is 5.98. The SMILES string of the molecule is O=C(N[C@H]1CCC[C@H]1C(=O)O)c1ccc(Cl)c(Cl)c1. The van der Waals surface area contributed by atoms with Crippen LogP contribution in [0.5, 0.6) is 0 Å². The van der Waals surface area contributed by atoms with Gasteiger partial charge >= 0.3 is 5.97 Å². The number of nitrogens with one attached hydrogen (secondary N) is 1. The second-order valence-electron chi connectivity index (χ2n) is 4.58. The molecule has 4 nitrogen and oxygen atoms in total. The third-order valence-electron chi connectivity index (χ3n) is 3.33. The normalized spacial score (nSPS) is 22.2. The van der Waals surface area contributed by atoms with Gasteiger partial charge in [0.25, 0.3) is 5.91 Å². The summed E-state index contributed by atoms with van der Waals surface area (Å²) < 4.78 is 0. The maximum absolute atomic E-state index is 12.0. The molecule has 1 aliphatic carbocycles. The van der Waals surface area contributed by atoms with Crippen molar-refractivity contribution in [3.63, 3.8) is 0 Å². The topological polar surface area (TPSA) is 66.4 Å². The number of benzene rings is 1. The number of carbonyl (C=O) groups excluding carboxylic acids is 1.